The zero-order chi connectivity index (χ0) is 25.5. The highest BCUT2D eigenvalue weighted by Crippen LogP contribution is 2.40. The second-order valence-corrected chi connectivity index (χ2v) is 10.3. The smallest absolute Gasteiger partial charge is 0.307 e. The average molecular weight is 467 g/mol. The zero-order valence-corrected chi connectivity index (χ0v) is 20.7. The second-order valence-electron chi connectivity index (χ2n) is 10.3. The van der Waals surface area contributed by atoms with E-state index >= 15 is 0 Å². The summed E-state index contributed by atoms with van der Waals surface area (Å²) >= 11 is 0. The molecule has 1 unspecified atom stereocenters. The molecule has 3 amide bonds. The predicted molar refractivity (Wildman–Crippen MR) is 137 cm³/mol. The Morgan fingerprint density at radius 3 is 2.20 bits per heavy atom. The van der Waals surface area contributed by atoms with Crippen LogP contribution in [0, 0.1) is 11.3 Å². The van der Waals surface area contributed by atoms with Crippen LogP contribution in [0.4, 0.5) is 10.5 Å². The molecule has 35 heavy (non-hydrogen) atoms. The van der Waals surface area contributed by atoms with E-state index in [-0.39, 0.29) is 11.3 Å². The molecule has 1 fully saturated rings. The van der Waals surface area contributed by atoms with Gasteiger partial charge in [0, 0.05) is 0 Å². The SMILES string of the molecule is CC(C)(C)c1cc(N2C(=O)N(C(N)c3ccccc3-c3ccccc3)C(C)(C)C2=O)ccc1C#N. The van der Waals surface area contributed by atoms with Crippen molar-refractivity contribution in [3.63, 3.8) is 0 Å². The van der Waals surface area contributed by atoms with Gasteiger partial charge in [-0.3, -0.25) is 9.69 Å². The highest BCUT2D eigenvalue weighted by molar-refractivity contribution is 6.23. The summed E-state index contributed by atoms with van der Waals surface area (Å²) in [5.41, 5.74) is 9.59. The Morgan fingerprint density at radius 2 is 1.57 bits per heavy atom. The van der Waals surface area contributed by atoms with Gasteiger partial charge in [-0.15, -0.1) is 0 Å². The largest absolute Gasteiger partial charge is 0.333 e. The number of carbonyl (C=O) groups is 2. The van der Waals surface area contributed by atoms with Crippen molar-refractivity contribution in [1.29, 1.82) is 5.26 Å². The van der Waals surface area contributed by atoms with Gasteiger partial charge in [-0.25, -0.2) is 9.69 Å². The fourth-order valence-electron chi connectivity index (χ4n) is 4.67. The highest BCUT2D eigenvalue weighted by atomic mass is 16.2. The first kappa shape index (κ1) is 24.2. The number of urea groups is 1. The van der Waals surface area contributed by atoms with Crippen molar-refractivity contribution in [2.75, 3.05) is 4.90 Å². The van der Waals surface area contributed by atoms with Gasteiger partial charge < -0.3 is 5.73 Å². The molecule has 1 saturated heterocycles. The lowest BCUT2D eigenvalue weighted by molar-refractivity contribution is -0.124. The van der Waals surface area contributed by atoms with Gasteiger partial charge in [-0.05, 0) is 59.7 Å². The Kier molecular flexibility index (Phi) is 6.00. The number of anilines is 1. The van der Waals surface area contributed by atoms with E-state index in [9.17, 15) is 14.9 Å². The third kappa shape index (κ3) is 4.09. The maximum absolute atomic E-state index is 13.8. The van der Waals surface area contributed by atoms with Gasteiger partial charge in [0.2, 0.25) is 0 Å². The quantitative estimate of drug-likeness (QED) is 0.497. The number of rotatable bonds is 4. The molecule has 6 heteroatoms. The first-order valence-corrected chi connectivity index (χ1v) is 11.6. The molecule has 0 spiro atoms. The van der Waals surface area contributed by atoms with E-state index in [4.69, 9.17) is 5.73 Å². The number of imide groups is 1. The minimum absolute atomic E-state index is 0.340. The fraction of sp³-hybridized carbons (Fsp3) is 0.276. The summed E-state index contributed by atoms with van der Waals surface area (Å²) in [6.45, 7) is 9.41. The topological polar surface area (TPSA) is 90.4 Å². The number of nitrogens with zero attached hydrogens (tertiary/aromatic N) is 3. The Bertz CT molecular complexity index is 1330. The summed E-state index contributed by atoms with van der Waals surface area (Å²) in [6, 6.07) is 24.3. The number of benzene rings is 3. The van der Waals surface area contributed by atoms with Gasteiger partial charge in [0.05, 0.1) is 17.3 Å². The van der Waals surface area contributed by atoms with Gasteiger partial charge in [-0.1, -0.05) is 75.4 Å². The molecule has 2 N–H and O–H groups in total. The van der Waals surface area contributed by atoms with Gasteiger partial charge in [0.1, 0.15) is 11.7 Å². The van der Waals surface area contributed by atoms with Crippen LogP contribution in [0.25, 0.3) is 11.1 Å². The van der Waals surface area contributed by atoms with Crippen LogP contribution in [0.2, 0.25) is 0 Å². The first-order valence-electron chi connectivity index (χ1n) is 11.6. The van der Waals surface area contributed by atoms with Crippen LogP contribution in [0.1, 0.15) is 57.5 Å². The molecule has 0 aromatic heterocycles. The summed E-state index contributed by atoms with van der Waals surface area (Å²) < 4.78 is 0. The van der Waals surface area contributed by atoms with E-state index < -0.39 is 17.7 Å². The molecule has 3 aromatic rings. The number of nitrogens with two attached hydrogens (primary N) is 1. The summed E-state index contributed by atoms with van der Waals surface area (Å²) in [5.74, 6) is -0.361. The van der Waals surface area contributed by atoms with Crippen molar-refractivity contribution >= 4 is 17.6 Å². The van der Waals surface area contributed by atoms with E-state index in [1.54, 1.807) is 32.0 Å². The van der Waals surface area contributed by atoms with Crippen LogP contribution in [-0.4, -0.2) is 22.4 Å². The fourth-order valence-corrected chi connectivity index (χ4v) is 4.67. The molecule has 4 rings (SSSR count). The molecule has 1 heterocycles. The molecule has 0 aliphatic carbocycles. The van der Waals surface area contributed by atoms with E-state index in [0.29, 0.717) is 11.3 Å². The first-order chi connectivity index (χ1) is 16.5. The van der Waals surface area contributed by atoms with E-state index in [1.165, 1.54) is 9.80 Å². The molecule has 3 aromatic carbocycles. The molecule has 0 bridgehead atoms. The lowest BCUT2D eigenvalue weighted by atomic mass is 9.83. The van der Waals surface area contributed by atoms with Crippen LogP contribution >= 0.6 is 0 Å². The summed E-state index contributed by atoms with van der Waals surface area (Å²) in [5, 5.41) is 9.56. The van der Waals surface area contributed by atoms with Crippen molar-refractivity contribution in [2.24, 2.45) is 5.73 Å². The average Bonchev–Trinajstić information content (AvgIpc) is 3.01. The summed E-state index contributed by atoms with van der Waals surface area (Å²) in [7, 11) is 0. The van der Waals surface area contributed by atoms with Gasteiger partial charge in [-0.2, -0.15) is 5.26 Å². The maximum Gasteiger partial charge on any atom is 0.333 e. The van der Waals surface area contributed by atoms with Gasteiger partial charge >= 0.3 is 6.03 Å². The van der Waals surface area contributed by atoms with Gasteiger partial charge in [0.25, 0.3) is 5.91 Å². The Labute approximate surface area is 206 Å². The third-order valence-electron chi connectivity index (χ3n) is 6.56. The lowest BCUT2D eigenvalue weighted by Gasteiger charge is -2.34. The van der Waals surface area contributed by atoms with Crippen molar-refractivity contribution in [3.05, 3.63) is 89.5 Å². The standard InChI is InChI=1S/C29H30N4O2/c1-28(2,3)24-17-21(16-15-20(24)18-30)32-26(34)29(4,5)33(27(32)35)25(31)23-14-10-9-13-22(23)19-11-7-6-8-12-19/h6-17,25H,31H2,1-5H3. The summed E-state index contributed by atoms with van der Waals surface area (Å²) in [6.07, 6.45) is -0.844. The molecule has 6 nitrogen and oxygen atoms in total. The normalized spacial score (nSPS) is 16.4. The molecule has 1 aliphatic heterocycles. The predicted octanol–water partition coefficient (Wildman–Crippen LogP) is 5.73. The van der Waals surface area contributed by atoms with Crippen LogP contribution in [-0.2, 0) is 10.2 Å². The molecular formula is C29H30N4O2. The summed E-state index contributed by atoms with van der Waals surface area (Å²) in [4.78, 5) is 30.0. The van der Waals surface area contributed by atoms with Crippen LogP contribution in [0.15, 0.2) is 72.8 Å². The second kappa shape index (κ2) is 8.68. The molecule has 178 valence electrons. The molecule has 0 saturated carbocycles. The Balaban J connectivity index is 1.79. The number of hydrogen-bond acceptors (Lipinski definition) is 4. The molecule has 1 aliphatic rings. The van der Waals surface area contributed by atoms with E-state index in [2.05, 4.69) is 6.07 Å². The van der Waals surface area contributed by atoms with Crippen molar-refractivity contribution in [3.8, 4) is 17.2 Å². The van der Waals surface area contributed by atoms with Crippen molar-refractivity contribution < 1.29 is 9.59 Å². The molecule has 1 atom stereocenters. The highest BCUT2D eigenvalue weighted by Gasteiger charge is 2.54. The number of nitriles is 1. The number of amides is 3. The number of carbonyl (C=O) groups excluding carboxylic acids is 2. The van der Waals surface area contributed by atoms with Crippen molar-refractivity contribution in [2.45, 2.75) is 51.7 Å². The van der Waals surface area contributed by atoms with Gasteiger partial charge in [0.15, 0.2) is 0 Å². The number of hydrogen-bond donors (Lipinski definition) is 1. The Hall–Kier alpha value is -3.95. The minimum Gasteiger partial charge on any atom is -0.307 e. The zero-order valence-electron chi connectivity index (χ0n) is 20.7. The van der Waals surface area contributed by atoms with Crippen molar-refractivity contribution in [1.82, 2.24) is 4.90 Å². The van der Waals surface area contributed by atoms with E-state index in [1.807, 2.05) is 75.4 Å². The van der Waals surface area contributed by atoms with Crippen LogP contribution < -0.4 is 10.6 Å². The maximum atomic E-state index is 13.8. The molecule has 0 radical (unpaired) electrons. The minimum atomic E-state index is -1.17. The van der Waals surface area contributed by atoms with E-state index in [0.717, 1.165) is 22.3 Å². The Morgan fingerprint density at radius 1 is 0.943 bits per heavy atom. The lowest BCUT2D eigenvalue weighted by Crippen LogP contribution is -2.49. The third-order valence-corrected chi connectivity index (χ3v) is 6.56. The van der Waals surface area contributed by atoms with Crippen LogP contribution in [0.3, 0.4) is 0 Å². The monoisotopic (exact) mass is 466 g/mol. The molecular weight excluding hydrogens is 436 g/mol. The van der Waals surface area contributed by atoms with Crippen LogP contribution in [0.5, 0.6) is 0 Å².